The van der Waals surface area contributed by atoms with Crippen molar-refractivity contribution in [2.75, 3.05) is 13.2 Å². The molecule has 4 rings (SSSR count). The first kappa shape index (κ1) is 21.0. The lowest BCUT2D eigenvalue weighted by molar-refractivity contribution is -0.150. The van der Waals surface area contributed by atoms with Gasteiger partial charge in [-0.3, -0.25) is 0 Å². The van der Waals surface area contributed by atoms with Gasteiger partial charge < -0.3 is 14.2 Å². The largest absolute Gasteiger partial charge is 0.489 e. The molecule has 0 amide bonds. The van der Waals surface area contributed by atoms with Crippen molar-refractivity contribution >= 4 is 11.8 Å². The van der Waals surface area contributed by atoms with Crippen molar-refractivity contribution in [3.8, 4) is 5.75 Å². The average Bonchev–Trinajstić information content (AvgIpc) is 3.24. The molecule has 1 aliphatic rings. The monoisotopic (exact) mass is 420 g/mol. The Balaban J connectivity index is 1.45. The molecule has 0 N–H and O–H groups in total. The molecule has 1 heterocycles. The molecule has 3 aromatic carbocycles. The number of hydrogen-bond acceptors (Lipinski definition) is 4. The molecule has 30 heavy (non-hydrogen) atoms. The number of rotatable bonds is 8. The van der Waals surface area contributed by atoms with Crippen LogP contribution in [-0.2, 0) is 27.6 Å². The normalized spacial score (nSPS) is 16.3. The van der Waals surface area contributed by atoms with Crippen LogP contribution in [0, 0.1) is 0 Å². The second kappa shape index (κ2) is 9.69. The highest BCUT2D eigenvalue weighted by atomic mass is 32.2. The molecule has 3 aromatic rings. The van der Waals surface area contributed by atoms with Gasteiger partial charge >= 0.3 is 0 Å². The summed E-state index contributed by atoms with van der Waals surface area (Å²) in [6.07, 6.45) is 0. The molecule has 1 saturated heterocycles. The van der Waals surface area contributed by atoms with Gasteiger partial charge in [-0.2, -0.15) is 0 Å². The molecule has 156 valence electrons. The highest BCUT2D eigenvalue weighted by molar-refractivity contribution is 7.98. The minimum absolute atomic E-state index is 0.295. The fourth-order valence-corrected chi connectivity index (χ4v) is 4.80. The Kier molecular flexibility index (Phi) is 6.78. The standard InChI is InChI=1S/C26H28O3S/c1-20(23-13-7-9-15-25(23)27-18-21-10-4-3-5-11-21)30-19-22-12-6-8-14-24(22)26(2)28-16-17-29-26/h3-15,20H,16-19H2,1-2H3. The molecule has 1 atom stereocenters. The second-order valence-electron chi connectivity index (χ2n) is 7.57. The van der Waals surface area contributed by atoms with E-state index in [-0.39, 0.29) is 0 Å². The number of thioether (sulfide) groups is 1. The lowest BCUT2D eigenvalue weighted by Gasteiger charge is -2.26. The molecule has 1 aliphatic heterocycles. The van der Waals surface area contributed by atoms with Crippen LogP contribution >= 0.6 is 11.8 Å². The lowest BCUT2D eigenvalue weighted by Crippen LogP contribution is -2.24. The van der Waals surface area contributed by atoms with Gasteiger partial charge in [0, 0.05) is 22.1 Å². The first-order valence-corrected chi connectivity index (χ1v) is 11.4. The first-order chi connectivity index (χ1) is 14.7. The minimum Gasteiger partial charge on any atom is -0.489 e. The molecule has 1 unspecified atom stereocenters. The maximum atomic E-state index is 6.16. The SMILES string of the molecule is CC(SCc1ccccc1C1(C)OCCO1)c1ccccc1OCc1ccccc1. The van der Waals surface area contributed by atoms with Gasteiger partial charge in [0.2, 0.25) is 0 Å². The molecule has 3 nitrogen and oxygen atoms in total. The van der Waals surface area contributed by atoms with E-state index in [1.807, 2.05) is 43.0 Å². The molecule has 0 aliphatic carbocycles. The van der Waals surface area contributed by atoms with E-state index >= 15 is 0 Å². The Labute approximate surface area is 183 Å². The van der Waals surface area contributed by atoms with E-state index in [1.54, 1.807) is 0 Å². The molecular formula is C26H28O3S. The van der Waals surface area contributed by atoms with Crippen molar-refractivity contribution in [2.24, 2.45) is 0 Å². The second-order valence-corrected chi connectivity index (χ2v) is 8.89. The summed E-state index contributed by atoms with van der Waals surface area (Å²) in [4.78, 5) is 0. The molecule has 0 saturated carbocycles. The maximum Gasteiger partial charge on any atom is 0.192 e. The molecule has 1 fully saturated rings. The summed E-state index contributed by atoms with van der Waals surface area (Å²) in [5.74, 6) is 1.19. The van der Waals surface area contributed by atoms with Crippen molar-refractivity contribution in [3.05, 3.63) is 101 Å². The van der Waals surface area contributed by atoms with Crippen LogP contribution in [0.2, 0.25) is 0 Å². The predicted molar refractivity (Wildman–Crippen MR) is 123 cm³/mol. The van der Waals surface area contributed by atoms with Crippen LogP contribution in [0.1, 0.15) is 41.4 Å². The summed E-state index contributed by atoms with van der Waals surface area (Å²) in [7, 11) is 0. The van der Waals surface area contributed by atoms with E-state index in [2.05, 4.69) is 61.5 Å². The van der Waals surface area contributed by atoms with Gasteiger partial charge in [0.25, 0.3) is 0 Å². The van der Waals surface area contributed by atoms with E-state index in [9.17, 15) is 0 Å². The van der Waals surface area contributed by atoms with Gasteiger partial charge in [0.1, 0.15) is 12.4 Å². The third-order valence-electron chi connectivity index (χ3n) is 5.43. The van der Waals surface area contributed by atoms with Gasteiger partial charge in [-0.05, 0) is 31.0 Å². The zero-order chi connectivity index (χ0) is 20.8. The van der Waals surface area contributed by atoms with Crippen LogP contribution in [0.3, 0.4) is 0 Å². The highest BCUT2D eigenvalue weighted by Crippen LogP contribution is 2.39. The predicted octanol–water partition coefficient (Wildman–Crippen LogP) is 6.48. The topological polar surface area (TPSA) is 27.7 Å². The van der Waals surface area contributed by atoms with Crippen LogP contribution in [0.15, 0.2) is 78.9 Å². The average molecular weight is 421 g/mol. The van der Waals surface area contributed by atoms with Crippen molar-refractivity contribution < 1.29 is 14.2 Å². The smallest absolute Gasteiger partial charge is 0.192 e. The maximum absolute atomic E-state index is 6.16. The fraction of sp³-hybridized carbons (Fsp3) is 0.308. The van der Waals surface area contributed by atoms with Crippen LogP contribution in [0.25, 0.3) is 0 Å². The third-order valence-corrected chi connectivity index (χ3v) is 6.66. The summed E-state index contributed by atoms with van der Waals surface area (Å²) in [5, 5.41) is 0.295. The molecule has 0 aromatic heterocycles. The lowest BCUT2D eigenvalue weighted by atomic mass is 10.0. The number of para-hydroxylation sites is 1. The van der Waals surface area contributed by atoms with Gasteiger partial charge in [0.05, 0.1) is 13.2 Å². The molecule has 0 spiro atoms. The van der Waals surface area contributed by atoms with Gasteiger partial charge in [-0.1, -0.05) is 72.8 Å². The molecular weight excluding hydrogens is 392 g/mol. The highest BCUT2D eigenvalue weighted by Gasteiger charge is 2.34. The van der Waals surface area contributed by atoms with Gasteiger partial charge in [-0.15, -0.1) is 11.8 Å². The Bertz CT molecular complexity index is 951. The number of hydrogen-bond donors (Lipinski definition) is 0. The van der Waals surface area contributed by atoms with E-state index < -0.39 is 5.79 Å². The molecule has 4 heteroatoms. The van der Waals surface area contributed by atoms with E-state index in [1.165, 1.54) is 16.7 Å². The quantitative estimate of drug-likeness (QED) is 0.417. The number of benzene rings is 3. The Morgan fingerprint density at radius 1 is 0.900 bits per heavy atom. The minimum atomic E-state index is -0.642. The summed E-state index contributed by atoms with van der Waals surface area (Å²) in [6.45, 7) is 6.11. The van der Waals surface area contributed by atoms with E-state index in [4.69, 9.17) is 14.2 Å². The van der Waals surface area contributed by atoms with Crippen LogP contribution in [0.5, 0.6) is 5.75 Å². The number of ether oxygens (including phenoxy) is 3. The Hall–Kier alpha value is -2.27. The Morgan fingerprint density at radius 3 is 2.37 bits per heavy atom. The Morgan fingerprint density at radius 2 is 1.57 bits per heavy atom. The van der Waals surface area contributed by atoms with Crippen LogP contribution in [-0.4, -0.2) is 13.2 Å². The summed E-state index contributed by atoms with van der Waals surface area (Å²) in [5.41, 5.74) is 4.76. The van der Waals surface area contributed by atoms with Crippen molar-refractivity contribution in [2.45, 2.75) is 37.2 Å². The molecule has 0 bridgehead atoms. The fourth-order valence-electron chi connectivity index (χ4n) is 3.75. The summed E-state index contributed by atoms with van der Waals surface area (Å²) < 4.78 is 18.0. The van der Waals surface area contributed by atoms with Crippen molar-refractivity contribution in [3.63, 3.8) is 0 Å². The van der Waals surface area contributed by atoms with Gasteiger partial charge in [0.15, 0.2) is 5.79 Å². The zero-order valence-corrected chi connectivity index (χ0v) is 18.4. The molecule has 0 radical (unpaired) electrons. The van der Waals surface area contributed by atoms with Gasteiger partial charge in [-0.25, -0.2) is 0 Å². The summed E-state index contributed by atoms with van der Waals surface area (Å²) >= 11 is 1.90. The van der Waals surface area contributed by atoms with E-state index in [0.29, 0.717) is 25.1 Å². The van der Waals surface area contributed by atoms with Crippen LogP contribution < -0.4 is 4.74 Å². The first-order valence-electron chi connectivity index (χ1n) is 10.4. The zero-order valence-electron chi connectivity index (χ0n) is 17.5. The van der Waals surface area contributed by atoms with Crippen molar-refractivity contribution in [1.82, 2.24) is 0 Å². The van der Waals surface area contributed by atoms with Crippen LogP contribution in [0.4, 0.5) is 0 Å². The third kappa shape index (κ3) is 4.89. The van der Waals surface area contributed by atoms with Crippen molar-refractivity contribution in [1.29, 1.82) is 0 Å². The summed E-state index contributed by atoms with van der Waals surface area (Å²) in [6, 6.07) is 27.0. The van der Waals surface area contributed by atoms with E-state index in [0.717, 1.165) is 17.1 Å².